The summed E-state index contributed by atoms with van der Waals surface area (Å²) in [7, 11) is 0. The maximum atomic E-state index is 9.87. The first-order chi connectivity index (χ1) is 6.61. The van der Waals surface area contributed by atoms with Gasteiger partial charge >= 0.3 is 0 Å². The molecular weight excluding hydrogens is 180 g/mol. The number of rotatable bonds is 4. The maximum Gasteiger partial charge on any atom is 0.125 e. The highest BCUT2D eigenvalue weighted by Crippen LogP contribution is 2.29. The summed E-state index contributed by atoms with van der Waals surface area (Å²) < 4.78 is 5.35. The van der Waals surface area contributed by atoms with Gasteiger partial charge in [-0.15, -0.1) is 0 Å². The Morgan fingerprint density at radius 3 is 2.57 bits per heavy atom. The summed E-state index contributed by atoms with van der Waals surface area (Å²) in [6.07, 6.45) is 0. The third-order valence-electron chi connectivity index (χ3n) is 2.08. The first-order valence-electron chi connectivity index (χ1n) is 4.67. The molecule has 0 saturated heterocycles. The minimum Gasteiger partial charge on any atom is -0.493 e. The molecule has 1 rings (SSSR count). The lowest BCUT2D eigenvalue weighted by molar-refractivity contribution is -0.00434. The van der Waals surface area contributed by atoms with Crippen LogP contribution in [0.4, 0.5) is 0 Å². The molecule has 0 radical (unpaired) electrons. The van der Waals surface area contributed by atoms with Crippen LogP contribution in [0.1, 0.15) is 19.4 Å². The van der Waals surface area contributed by atoms with E-state index in [9.17, 15) is 5.11 Å². The normalized spacial score (nSPS) is 14.9. The predicted molar refractivity (Wildman–Crippen MR) is 54.3 cm³/mol. The summed E-state index contributed by atoms with van der Waals surface area (Å²) in [5.41, 5.74) is -0.629. The monoisotopic (exact) mass is 196 g/mol. The zero-order valence-electron chi connectivity index (χ0n) is 8.53. The van der Waals surface area contributed by atoms with Crippen molar-refractivity contribution in [1.29, 1.82) is 0 Å². The van der Waals surface area contributed by atoms with Crippen molar-refractivity contribution in [1.82, 2.24) is 0 Å². The van der Waals surface area contributed by atoms with Gasteiger partial charge < -0.3 is 14.9 Å². The predicted octanol–water partition coefficient (Wildman–Crippen LogP) is 1.29. The number of ether oxygens (including phenoxy) is 1. The first kappa shape index (κ1) is 11.0. The van der Waals surface area contributed by atoms with Crippen molar-refractivity contribution in [3.05, 3.63) is 29.8 Å². The van der Waals surface area contributed by atoms with Crippen LogP contribution in [0.5, 0.6) is 5.75 Å². The summed E-state index contributed by atoms with van der Waals surface area (Å²) in [6, 6.07) is 7.17. The fourth-order valence-corrected chi connectivity index (χ4v) is 1.28. The summed E-state index contributed by atoms with van der Waals surface area (Å²) in [6.45, 7) is 3.66. The number of hydrogen-bond acceptors (Lipinski definition) is 3. The number of para-hydroxylation sites is 1. The van der Waals surface area contributed by atoms with E-state index in [2.05, 4.69) is 0 Å². The lowest BCUT2D eigenvalue weighted by Crippen LogP contribution is -2.26. The third kappa shape index (κ3) is 2.25. The molecule has 78 valence electrons. The molecule has 0 fully saturated rings. The van der Waals surface area contributed by atoms with Gasteiger partial charge in [-0.05, 0) is 19.9 Å². The van der Waals surface area contributed by atoms with E-state index in [1.54, 1.807) is 19.1 Å². The van der Waals surface area contributed by atoms with Gasteiger partial charge in [-0.25, -0.2) is 0 Å². The molecule has 3 nitrogen and oxygen atoms in total. The highest BCUT2D eigenvalue weighted by atomic mass is 16.5. The fraction of sp³-hybridized carbons (Fsp3) is 0.455. The molecule has 0 amide bonds. The van der Waals surface area contributed by atoms with E-state index >= 15 is 0 Å². The molecule has 1 aromatic carbocycles. The number of benzene rings is 1. The summed E-state index contributed by atoms with van der Waals surface area (Å²) in [5.74, 6) is 0.619. The average molecular weight is 196 g/mol. The second-order valence-corrected chi connectivity index (χ2v) is 3.36. The van der Waals surface area contributed by atoms with Gasteiger partial charge in [-0.3, -0.25) is 0 Å². The second-order valence-electron chi connectivity index (χ2n) is 3.36. The lowest BCUT2D eigenvalue weighted by atomic mass is 9.96. The molecule has 0 aliphatic carbocycles. The van der Waals surface area contributed by atoms with Gasteiger partial charge in [-0.2, -0.15) is 0 Å². The molecule has 2 N–H and O–H groups in total. The molecule has 0 spiro atoms. The summed E-state index contributed by atoms with van der Waals surface area (Å²) >= 11 is 0. The van der Waals surface area contributed by atoms with Crippen LogP contribution in [0.15, 0.2) is 24.3 Å². The van der Waals surface area contributed by atoms with Gasteiger partial charge in [0.25, 0.3) is 0 Å². The molecule has 0 heterocycles. The van der Waals surface area contributed by atoms with Crippen LogP contribution in [0.25, 0.3) is 0 Å². The number of aliphatic hydroxyl groups is 2. The molecule has 3 heteroatoms. The SMILES string of the molecule is CCOc1ccccc1C(C)(O)CO. The topological polar surface area (TPSA) is 49.7 Å². The zero-order valence-corrected chi connectivity index (χ0v) is 8.53. The van der Waals surface area contributed by atoms with Crippen LogP contribution in [0, 0.1) is 0 Å². The Hall–Kier alpha value is -1.06. The van der Waals surface area contributed by atoms with E-state index in [1.165, 1.54) is 0 Å². The van der Waals surface area contributed by atoms with E-state index in [-0.39, 0.29) is 6.61 Å². The summed E-state index contributed by atoms with van der Waals surface area (Å²) in [4.78, 5) is 0. The van der Waals surface area contributed by atoms with Crippen LogP contribution >= 0.6 is 0 Å². The Morgan fingerprint density at radius 1 is 1.36 bits per heavy atom. The number of hydrogen-bond donors (Lipinski definition) is 2. The van der Waals surface area contributed by atoms with Gasteiger partial charge in [-0.1, -0.05) is 18.2 Å². The quantitative estimate of drug-likeness (QED) is 0.762. The molecule has 1 aromatic rings. The molecule has 1 unspecified atom stereocenters. The van der Waals surface area contributed by atoms with Crippen LogP contribution in [-0.4, -0.2) is 23.4 Å². The van der Waals surface area contributed by atoms with Crippen molar-refractivity contribution in [3.63, 3.8) is 0 Å². The lowest BCUT2D eigenvalue weighted by Gasteiger charge is -2.23. The zero-order chi connectivity index (χ0) is 10.6. The minimum absolute atomic E-state index is 0.322. The molecule has 0 aliphatic heterocycles. The van der Waals surface area contributed by atoms with Crippen molar-refractivity contribution in [2.75, 3.05) is 13.2 Å². The van der Waals surface area contributed by atoms with Crippen molar-refractivity contribution < 1.29 is 14.9 Å². The van der Waals surface area contributed by atoms with Crippen molar-refractivity contribution in [2.24, 2.45) is 0 Å². The smallest absolute Gasteiger partial charge is 0.125 e. The van der Waals surface area contributed by atoms with Gasteiger partial charge in [0.2, 0.25) is 0 Å². The van der Waals surface area contributed by atoms with Crippen molar-refractivity contribution in [3.8, 4) is 5.75 Å². The van der Waals surface area contributed by atoms with E-state index in [4.69, 9.17) is 9.84 Å². The van der Waals surface area contributed by atoms with Gasteiger partial charge in [0, 0.05) is 5.56 Å². The van der Waals surface area contributed by atoms with Gasteiger partial charge in [0.05, 0.1) is 13.2 Å². The van der Waals surface area contributed by atoms with Crippen molar-refractivity contribution >= 4 is 0 Å². The third-order valence-corrected chi connectivity index (χ3v) is 2.08. The highest BCUT2D eigenvalue weighted by Gasteiger charge is 2.25. The highest BCUT2D eigenvalue weighted by molar-refractivity contribution is 5.37. The Morgan fingerprint density at radius 2 is 2.00 bits per heavy atom. The number of aliphatic hydroxyl groups excluding tert-OH is 1. The van der Waals surface area contributed by atoms with Crippen LogP contribution in [0.3, 0.4) is 0 Å². The molecule has 0 saturated carbocycles. The maximum absolute atomic E-state index is 9.87. The van der Waals surface area contributed by atoms with Gasteiger partial charge in [0.1, 0.15) is 11.4 Å². The van der Waals surface area contributed by atoms with E-state index in [0.29, 0.717) is 17.9 Å². The van der Waals surface area contributed by atoms with E-state index in [1.807, 2.05) is 19.1 Å². The van der Waals surface area contributed by atoms with E-state index in [0.717, 1.165) is 0 Å². The Balaban J connectivity index is 3.06. The second kappa shape index (κ2) is 4.44. The van der Waals surface area contributed by atoms with Gasteiger partial charge in [0.15, 0.2) is 0 Å². The van der Waals surface area contributed by atoms with E-state index < -0.39 is 5.60 Å². The Bertz CT molecular complexity index is 294. The van der Waals surface area contributed by atoms with Crippen LogP contribution < -0.4 is 4.74 Å². The van der Waals surface area contributed by atoms with Crippen molar-refractivity contribution in [2.45, 2.75) is 19.4 Å². The molecular formula is C11H16O3. The standard InChI is InChI=1S/C11H16O3/c1-3-14-10-7-5-4-6-9(10)11(2,13)8-12/h4-7,12-13H,3,8H2,1-2H3. The Labute approximate surface area is 84.0 Å². The first-order valence-corrected chi connectivity index (χ1v) is 4.67. The van der Waals surface area contributed by atoms with Crippen LogP contribution in [0.2, 0.25) is 0 Å². The molecule has 0 bridgehead atoms. The molecule has 1 atom stereocenters. The van der Waals surface area contributed by atoms with Crippen LogP contribution in [-0.2, 0) is 5.60 Å². The minimum atomic E-state index is -1.24. The molecule has 14 heavy (non-hydrogen) atoms. The molecule has 0 aliphatic rings. The largest absolute Gasteiger partial charge is 0.493 e. The Kier molecular flexibility index (Phi) is 3.49. The summed E-state index contributed by atoms with van der Waals surface area (Å²) in [5, 5.41) is 18.9. The fourth-order valence-electron chi connectivity index (χ4n) is 1.28. The molecule has 0 aromatic heterocycles. The average Bonchev–Trinajstić information content (AvgIpc) is 2.19.